The first-order chi connectivity index (χ1) is 47.6. The standard InChI is InChI=1S/C69H103N19O13/c1-37(2)28-52(65(100)101)84-61(96)56(69(5,6)7)85-60(95)54-33-43-31-44(89)21-20-42(43)36-88(54)64(99)53-19-13-26-87(53)63(98)50(18-12-25-79-68(75)76)82-58(93)48(16-10-23-77-66(71)72)80-55(91)22-27-86-35-41-15-9-8-14-40(41)32-51(62(86)97)83-59(94)49(17-11-24-78-67(73)74)81-57(92)47(70)34-46-38(3)29-45(90)30-39(46)4/h8-9,14-15,20-21,29-31,37,47-54,56,89-90H,10-13,16-19,22-28,32-36,70H2,1-7H3,(H,80,91)(H,81,92)(H,82,93)(H,83,94)(H,84,96)(H,85,95)(H,100,101)(H4,71,72,77)(H4,73,74,78)(H4,75,76,79)/t47-,48-,49+,50-,51-,52-,53-,54-,56+/m0/s1. The van der Waals surface area contributed by atoms with Crippen molar-refractivity contribution in [3.05, 3.63) is 93.5 Å². The number of nitrogens with zero attached hydrogens (tertiary/aromatic N) is 6. The zero-order valence-electron chi connectivity index (χ0n) is 58.8. The third kappa shape index (κ3) is 23.4. The molecule has 3 heterocycles. The number of amides is 9. The van der Waals surface area contributed by atoms with Crippen molar-refractivity contribution in [1.29, 1.82) is 0 Å². The predicted molar refractivity (Wildman–Crippen MR) is 378 cm³/mol. The fourth-order valence-corrected chi connectivity index (χ4v) is 12.8. The number of phenols is 2. The van der Waals surface area contributed by atoms with Gasteiger partial charge in [-0.3, -0.25) is 58.1 Å². The largest absolute Gasteiger partial charge is 0.508 e. The second kappa shape index (κ2) is 36.7. The molecule has 3 aromatic rings. The molecule has 3 aliphatic heterocycles. The molecule has 0 radical (unpaired) electrons. The van der Waals surface area contributed by atoms with Gasteiger partial charge in [-0.25, -0.2) is 4.79 Å². The lowest BCUT2D eigenvalue weighted by Crippen LogP contribution is -2.62. The van der Waals surface area contributed by atoms with Gasteiger partial charge in [-0.1, -0.05) is 65.0 Å². The number of fused-ring (bicyclic) bond motifs is 2. The van der Waals surface area contributed by atoms with Gasteiger partial charge in [0.15, 0.2) is 17.9 Å². The number of nitrogens with one attached hydrogen (secondary N) is 6. The van der Waals surface area contributed by atoms with E-state index >= 15 is 9.59 Å². The van der Waals surface area contributed by atoms with Crippen LogP contribution in [0.4, 0.5) is 0 Å². The second-order valence-corrected chi connectivity index (χ2v) is 27.7. The Bertz CT molecular complexity index is 3560. The van der Waals surface area contributed by atoms with Gasteiger partial charge in [0.1, 0.15) is 59.8 Å². The highest BCUT2D eigenvalue weighted by molar-refractivity contribution is 5.98. The number of aromatic hydroxyl groups is 2. The molecule has 9 atom stereocenters. The fraction of sp³-hybridized carbons (Fsp3) is 0.551. The zero-order valence-corrected chi connectivity index (χ0v) is 58.8. The second-order valence-electron chi connectivity index (χ2n) is 27.7. The van der Waals surface area contributed by atoms with Crippen LogP contribution in [0.3, 0.4) is 0 Å². The Kier molecular flexibility index (Phi) is 29.0. The number of rotatable bonds is 33. The smallest absolute Gasteiger partial charge is 0.326 e. The van der Waals surface area contributed by atoms with Gasteiger partial charge in [0.05, 0.1) is 6.04 Å². The number of nitrogens with two attached hydrogens (primary N) is 7. The van der Waals surface area contributed by atoms with Crippen LogP contribution in [-0.4, -0.2) is 194 Å². The molecule has 6 rings (SSSR count). The normalized spacial score (nSPS) is 17.6. The van der Waals surface area contributed by atoms with E-state index in [9.17, 15) is 53.7 Å². The number of benzene rings is 3. The van der Waals surface area contributed by atoms with E-state index in [1.807, 2.05) is 12.1 Å². The molecule has 9 amide bonds. The molecule has 0 spiro atoms. The lowest BCUT2D eigenvalue weighted by molar-refractivity contribution is -0.151. The molecule has 23 N–H and O–H groups in total. The van der Waals surface area contributed by atoms with E-state index in [1.54, 1.807) is 78.8 Å². The van der Waals surface area contributed by atoms with E-state index in [2.05, 4.69) is 46.9 Å². The number of guanidine groups is 3. The third-order valence-corrected chi connectivity index (χ3v) is 18.1. The zero-order chi connectivity index (χ0) is 74.6. The number of carbonyl (C=O) groups is 10. The van der Waals surface area contributed by atoms with Crippen LogP contribution in [0.15, 0.2) is 69.6 Å². The van der Waals surface area contributed by atoms with Crippen molar-refractivity contribution >= 4 is 77.0 Å². The van der Waals surface area contributed by atoms with Crippen molar-refractivity contribution in [2.45, 2.75) is 199 Å². The number of carboxylic acid groups (broad SMARTS) is 1. The van der Waals surface area contributed by atoms with E-state index < -0.39 is 119 Å². The predicted octanol–water partition coefficient (Wildman–Crippen LogP) is -1.25. The lowest BCUT2D eigenvalue weighted by atomic mass is 9.85. The Morgan fingerprint density at radius 2 is 1.18 bits per heavy atom. The van der Waals surface area contributed by atoms with Gasteiger partial charge >= 0.3 is 5.97 Å². The molecule has 552 valence electrons. The molecular formula is C69H103N19O13. The number of aryl methyl sites for hydroxylation is 2. The number of aliphatic carboxylic acids is 1. The van der Waals surface area contributed by atoms with Gasteiger partial charge in [-0.05, 0) is 153 Å². The van der Waals surface area contributed by atoms with Crippen LogP contribution in [0.25, 0.3) is 0 Å². The summed E-state index contributed by atoms with van der Waals surface area (Å²) < 4.78 is 0. The molecule has 0 saturated carbocycles. The number of carboxylic acids is 1. The average Bonchev–Trinajstić information content (AvgIpc) is 1.72. The van der Waals surface area contributed by atoms with Crippen molar-refractivity contribution in [3.63, 3.8) is 0 Å². The molecule has 0 unspecified atom stereocenters. The molecule has 1 saturated heterocycles. The van der Waals surface area contributed by atoms with E-state index in [0.717, 1.165) is 27.8 Å². The Balaban J connectivity index is 1.22. The minimum Gasteiger partial charge on any atom is -0.508 e. The summed E-state index contributed by atoms with van der Waals surface area (Å²) in [5.41, 5.74) is 44.0. The highest BCUT2D eigenvalue weighted by Crippen LogP contribution is 2.32. The maximum Gasteiger partial charge on any atom is 0.326 e. The van der Waals surface area contributed by atoms with E-state index in [-0.39, 0.29) is 158 Å². The van der Waals surface area contributed by atoms with Crippen LogP contribution in [0, 0.1) is 25.2 Å². The quantitative estimate of drug-likeness (QED) is 0.0192. The molecule has 0 aromatic heterocycles. The number of carbonyl (C=O) groups excluding carboxylic acids is 9. The third-order valence-electron chi connectivity index (χ3n) is 18.1. The Labute approximate surface area is 588 Å². The topological polar surface area (TPSA) is 533 Å². The van der Waals surface area contributed by atoms with E-state index in [4.69, 9.17) is 40.1 Å². The Morgan fingerprint density at radius 1 is 0.624 bits per heavy atom. The molecule has 101 heavy (non-hydrogen) atoms. The summed E-state index contributed by atoms with van der Waals surface area (Å²) in [5.74, 6) is -8.20. The summed E-state index contributed by atoms with van der Waals surface area (Å²) in [4.78, 5) is 160. The molecule has 0 bridgehead atoms. The van der Waals surface area contributed by atoms with E-state index in [1.165, 1.54) is 26.8 Å². The summed E-state index contributed by atoms with van der Waals surface area (Å²) in [6, 6.07) is 3.61. The van der Waals surface area contributed by atoms with Gasteiger partial charge < -0.3 is 102 Å². The maximum absolute atomic E-state index is 15.3. The van der Waals surface area contributed by atoms with Crippen molar-refractivity contribution in [2.24, 2.45) is 66.4 Å². The molecule has 32 heteroatoms. The molecule has 0 aliphatic carbocycles. The first kappa shape index (κ1) is 79.7. The first-order valence-electron chi connectivity index (χ1n) is 34.1. The number of likely N-dealkylation sites (tertiary alicyclic amines) is 1. The summed E-state index contributed by atoms with van der Waals surface area (Å²) in [6.07, 6.45) is 0.708. The van der Waals surface area contributed by atoms with Gasteiger partial charge in [0, 0.05) is 65.1 Å². The first-order valence-corrected chi connectivity index (χ1v) is 34.1. The molecule has 1 fully saturated rings. The van der Waals surface area contributed by atoms with Gasteiger partial charge in [0.2, 0.25) is 53.2 Å². The van der Waals surface area contributed by atoms with E-state index in [0.29, 0.717) is 17.5 Å². The Hall–Kier alpha value is -10.3. The number of hydrogen-bond donors (Lipinski definition) is 16. The van der Waals surface area contributed by atoms with Gasteiger partial charge in [0.25, 0.3) is 0 Å². The monoisotopic (exact) mass is 1410 g/mol. The number of phenolic OH excluding ortho intramolecular Hbond substituents is 2. The van der Waals surface area contributed by atoms with Crippen LogP contribution in [0.1, 0.15) is 138 Å². The summed E-state index contributed by atoms with van der Waals surface area (Å²) >= 11 is 0. The molecule has 3 aromatic carbocycles. The van der Waals surface area contributed by atoms with Crippen LogP contribution in [-0.2, 0) is 80.3 Å². The average molecular weight is 1410 g/mol. The summed E-state index contributed by atoms with van der Waals surface area (Å²) in [6.45, 7) is 12.2. The highest BCUT2D eigenvalue weighted by Gasteiger charge is 2.46. The summed E-state index contributed by atoms with van der Waals surface area (Å²) in [7, 11) is 0. The molecule has 3 aliphatic rings. The summed E-state index contributed by atoms with van der Waals surface area (Å²) in [5, 5.41) is 47.2. The minimum atomic E-state index is -1.35. The van der Waals surface area contributed by atoms with Crippen molar-refractivity contribution < 1.29 is 63.3 Å². The molecular weight excluding hydrogens is 1300 g/mol. The number of hydrogen-bond acceptors (Lipinski definition) is 16. The lowest BCUT2D eigenvalue weighted by Gasteiger charge is -2.40. The number of aliphatic imine (C=N–C) groups is 3. The van der Waals surface area contributed by atoms with Crippen LogP contribution < -0.4 is 72.0 Å². The van der Waals surface area contributed by atoms with Crippen LogP contribution in [0.2, 0.25) is 0 Å². The van der Waals surface area contributed by atoms with Crippen molar-refractivity contribution in [1.82, 2.24) is 46.6 Å². The van der Waals surface area contributed by atoms with Gasteiger partial charge in [-0.15, -0.1) is 0 Å². The van der Waals surface area contributed by atoms with Crippen molar-refractivity contribution in [3.8, 4) is 11.5 Å². The minimum absolute atomic E-state index is 0.0272. The van der Waals surface area contributed by atoms with Crippen LogP contribution >= 0.6 is 0 Å². The van der Waals surface area contributed by atoms with Crippen LogP contribution in [0.5, 0.6) is 11.5 Å². The van der Waals surface area contributed by atoms with Crippen molar-refractivity contribution in [2.75, 3.05) is 32.7 Å². The van der Waals surface area contributed by atoms with Gasteiger partial charge in [-0.2, -0.15) is 0 Å². The SMILES string of the molecule is Cc1cc(O)cc(C)c1C[C@H](N)C(=O)N[C@H](CCCN=C(N)N)C(=O)N[C@H]1Cc2ccccc2CN(CCC(=O)N[C@@H](CCCN=C(N)N)C(=O)N[C@@H](CCCN=C(N)N)C(=O)N2CCC[C@H]2C(=O)N2Cc3ccc(O)cc3C[C@H]2C(=O)N[C@H](C(=O)N[C@@H](CC(C)C)C(=O)O)C(C)(C)C)C1=O. The fourth-order valence-electron chi connectivity index (χ4n) is 12.8. The molecule has 32 nitrogen and oxygen atoms in total. The Morgan fingerprint density at radius 3 is 1.75 bits per heavy atom. The maximum atomic E-state index is 15.3. The highest BCUT2D eigenvalue weighted by atomic mass is 16.4.